The summed E-state index contributed by atoms with van der Waals surface area (Å²) in [5.74, 6) is -3.59. The Kier molecular flexibility index (Phi) is 5.74. The van der Waals surface area contributed by atoms with Crippen molar-refractivity contribution in [2.24, 2.45) is 28.6 Å². The van der Waals surface area contributed by atoms with Crippen molar-refractivity contribution in [3.8, 4) is 0 Å². The predicted molar refractivity (Wildman–Crippen MR) is 102 cm³/mol. The molecule has 4 aliphatic carbocycles. The molecule has 0 aliphatic heterocycles. The number of ether oxygens (including phenoxy) is 2. The van der Waals surface area contributed by atoms with E-state index >= 15 is 0 Å². The third-order valence-corrected chi connectivity index (χ3v) is 7.91. The molecule has 178 valence electrons. The molecule has 4 saturated carbocycles. The Balaban J connectivity index is 1.98. The van der Waals surface area contributed by atoms with Crippen molar-refractivity contribution in [3.63, 3.8) is 0 Å². The fraction of sp³-hybridized carbons (Fsp3) is 0.900. The van der Waals surface area contributed by atoms with Gasteiger partial charge in [-0.3, -0.25) is 14.1 Å². The summed E-state index contributed by atoms with van der Waals surface area (Å²) in [5.41, 5.74) is -3.75. The zero-order chi connectivity index (χ0) is 23.6. The van der Waals surface area contributed by atoms with Crippen LogP contribution in [0.15, 0.2) is 0 Å². The zero-order valence-electron chi connectivity index (χ0n) is 18.0. The van der Waals surface area contributed by atoms with Gasteiger partial charge in [-0.05, 0) is 71.6 Å². The van der Waals surface area contributed by atoms with E-state index in [1.165, 1.54) is 0 Å². The molecule has 0 aromatic rings. The van der Waals surface area contributed by atoms with Gasteiger partial charge in [0.2, 0.25) is 6.10 Å². The van der Waals surface area contributed by atoms with E-state index in [4.69, 9.17) is 14.0 Å². The van der Waals surface area contributed by atoms with Gasteiger partial charge in [0.1, 0.15) is 16.8 Å². The summed E-state index contributed by atoms with van der Waals surface area (Å²) in [6.45, 7) is 6.52. The number of carbonyl (C=O) groups is 2. The Morgan fingerprint density at radius 3 is 2.03 bits per heavy atom. The Hall–Kier alpha value is -1.36. The number of hydrogen-bond acceptors (Lipinski definition) is 6. The van der Waals surface area contributed by atoms with E-state index in [0.29, 0.717) is 12.8 Å². The number of rotatable bonds is 5. The van der Waals surface area contributed by atoms with Crippen LogP contribution in [0.3, 0.4) is 0 Å². The smallest absolute Gasteiger partial charge is 0.426 e. The van der Waals surface area contributed by atoms with E-state index < -0.39 is 56.5 Å². The molecule has 7 nitrogen and oxygen atoms in total. The van der Waals surface area contributed by atoms with Crippen molar-refractivity contribution in [1.82, 2.24) is 0 Å². The second kappa shape index (κ2) is 7.33. The van der Waals surface area contributed by atoms with E-state index in [1.54, 1.807) is 27.7 Å². The van der Waals surface area contributed by atoms with Crippen molar-refractivity contribution >= 4 is 22.1 Å². The minimum Gasteiger partial charge on any atom is -0.457 e. The molecule has 4 unspecified atom stereocenters. The lowest BCUT2D eigenvalue weighted by molar-refractivity contribution is -0.263. The summed E-state index contributed by atoms with van der Waals surface area (Å²) in [5, 5.41) is 0. The van der Waals surface area contributed by atoms with Crippen LogP contribution in [-0.2, 0) is 29.2 Å². The van der Waals surface area contributed by atoms with Gasteiger partial charge < -0.3 is 9.47 Å². The molecule has 1 N–H and O–H groups in total. The Bertz CT molecular complexity index is 847. The zero-order valence-corrected chi connectivity index (χ0v) is 18.8. The molecule has 31 heavy (non-hydrogen) atoms. The second-order valence-electron chi connectivity index (χ2n) is 10.6. The molecular formula is C20H29F3O7S. The van der Waals surface area contributed by atoms with Crippen molar-refractivity contribution in [2.75, 3.05) is 5.75 Å². The first-order valence-corrected chi connectivity index (χ1v) is 11.9. The van der Waals surface area contributed by atoms with Crippen LogP contribution < -0.4 is 0 Å². The largest absolute Gasteiger partial charge is 0.457 e. The quantitative estimate of drug-likeness (QED) is 0.484. The van der Waals surface area contributed by atoms with Crippen molar-refractivity contribution in [3.05, 3.63) is 0 Å². The van der Waals surface area contributed by atoms with Gasteiger partial charge in [0.15, 0.2) is 0 Å². The molecule has 0 aromatic heterocycles. The van der Waals surface area contributed by atoms with Gasteiger partial charge in [0.05, 0.1) is 5.41 Å². The number of esters is 2. The third-order valence-electron chi connectivity index (χ3n) is 7.19. The van der Waals surface area contributed by atoms with E-state index in [2.05, 4.69) is 0 Å². The lowest BCUT2D eigenvalue weighted by Gasteiger charge is -2.64. The van der Waals surface area contributed by atoms with Crippen LogP contribution in [-0.4, -0.2) is 48.5 Å². The third kappa shape index (κ3) is 4.44. The summed E-state index contributed by atoms with van der Waals surface area (Å²) < 4.78 is 82.0. The normalized spacial score (nSPS) is 36.2. The highest BCUT2D eigenvalue weighted by Crippen LogP contribution is 2.66. The Morgan fingerprint density at radius 1 is 1.10 bits per heavy atom. The molecule has 0 heterocycles. The van der Waals surface area contributed by atoms with Gasteiger partial charge >= 0.3 is 18.1 Å². The molecule has 0 amide bonds. The van der Waals surface area contributed by atoms with Crippen molar-refractivity contribution < 1.29 is 45.2 Å². The summed E-state index contributed by atoms with van der Waals surface area (Å²) in [6, 6.07) is 0. The molecule has 4 fully saturated rings. The number of carbonyl (C=O) groups excluding carboxylic acids is 2. The molecule has 0 saturated heterocycles. The molecule has 0 aromatic carbocycles. The molecule has 0 spiro atoms. The summed E-state index contributed by atoms with van der Waals surface area (Å²) in [6.07, 6.45) is -5.52. The Labute approximate surface area is 179 Å². The van der Waals surface area contributed by atoms with Crippen LogP contribution >= 0.6 is 0 Å². The molecule has 11 heteroatoms. The maximum atomic E-state index is 13.4. The van der Waals surface area contributed by atoms with E-state index in [1.807, 2.05) is 0 Å². The van der Waals surface area contributed by atoms with Gasteiger partial charge in [-0.1, -0.05) is 0 Å². The molecular weight excluding hydrogens is 441 g/mol. The second-order valence-corrected chi connectivity index (χ2v) is 12.1. The fourth-order valence-corrected chi connectivity index (χ4v) is 6.38. The SMILES string of the molecule is CC(C)(C)C(=O)OC1(C)C2CC3CC(C2)CC1(C(=O)OC(CS(=O)(=O)O)C(F)(F)F)C3. The lowest BCUT2D eigenvalue weighted by Crippen LogP contribution is -2.68. The highest BCUT2D eigenvalue weighted by Gasteiger charge is 2.70. The van der Waals surface area contributed by atoms with Crippen LogP contribution in [0.4, 0.5) is 13.2 Å². The van der Waals surface area contributed by atoms with Crippen LogP contribution in [0, 0.1) is 28.6 Å². The Morgan fingerprint density at radius 2 is 1.61 bits per heavy atom. The molecule has 4 bridgehead atoms. The van der Waals surface area contributed by atoms with E-state index in [9.17, 15) is 31.2 Å². The van der Waals surface area contributed by atoms with Crippen molar-refractivity contribution in [1.29, 1.82) is 0 Å². The number of halogens is 3. The highest BCUT2D eigenvalue weighted by atomic mass is 32.2. The molecule has 4 rings (SSSR count). The number of hydrogen-bond donors (Lipinski definition) is 1. The standard InChI is InChI=1S/C20H29F3O7S/c1-17(2,3)15(24)30-18(4)13-6-11-5-12(7-13)9-19(18,8-11)16(25)29-14(20(21,22)23)10-31(26,27)28/h11-14H,5-10H2,1-4H3,(H,26,27,28). The average molecular weight is 471 g/mol. The molecule has 4 atom stereocenters. The highest BCUT2D eigenvalue weighted by molar-refractivity contribution is 7.85. The van der Waals surface area contributed by atoms with Crippen LogP contribution in [0.1, 0.15) is 59.8 Å². The van der Waals surface area contributed by atoms with Crippen molar-refractivity contribution in [2.45, 2.75) is 77.7 Å². The lowest BCUT2D eigenvalue weighted by atomic mass is 9.43. The van der Waals surface area contributed by atoms with E-state index in [-0.39, 0.29) is 30.6 Å². The summed E-state index contributed by atoms with van der Waals surface area (Å²) >= 11 is 0. The molecule has 0 radical (unpaired) electrons. The molecule has 4 aliphatic rings. The maximum absolute atomic E-state index is 13.4. The fourth-order valence-electron chi connectivity index (χ4n) is 5.74. The maximum Gasteiger partial charge on any atom is 0.426 e. The monoisotopic (exact) mass is 470 g/mol. The average Bonchev–Trinajstić information content (AvgIpc) is 2.55. The first-order chi connectivity index (χ1) is 13.9. The summed E-state index contributed by atoms with van der Waals surface area (Å²) in [7, 11) is -5.06. The minimum atomic E-state index is -5.19. The minimum absolute atomic E-state index is 0.0948. The van der Waals surface area contributed by atoms with Gasteiger partial charge in [0.25, 0.3) is 10.1 Å². The van der Waals surface area contributed by atoms with E-state index in [0.717, 1.165) is 6.42 Å². The van der Waals surface area contributed by atoms with Crippen LogP contribution in [0.25, 0.3) is 0 Å². The van der Waals surface area contributed by atoms with Gasteiger partial charge in [-0.15, -0.1) is 0 Å². The predicted octanol–water partition coefficient (Wildman–Crippen LogP) is 3.52. The number of alkyl halides is 3. The van der Waals surface area contributed by atoms with Crippen LogP contribution in [0.5, 0.6) is 0 Å². The van der Waals surface area contributed by atoms with Gasteiger partial charge in [-0.25, -0.2) is 0 Å². The van der Waals surface area contributed by atoms with Gasteiger partial charge in [0, 0.05) is 5.92 Å². The topological polar surface area (TPSA) is 107 Å². The first kappa shape index (κ1) is 24.3. The van der Waals surface area contributed by atoms with Crippen LogP contribution in [0.2, 0.25) is 0 Å². The first-order valence-electron chi connectivity index (χ1n) is 10.3. The summed E-state index contributed by atoms with van der Waals surface area (Å²) in [4.78, 5) is 26.0. The van der Waals surface area contributed by atoms with Gasteiger partial charge in [-0.2, -0.15) is 21.6 Å².